The predicted octanol–water partition coefficient (Wildman–Crippen LogP) is 2.22. The highest BCUT2D eigenvalue weighted by atomic mass is 35.5. The molecule has 0 unspecified atom stereocenters. The summed E-state index contributed by atoms with van der Waals surface area (Å²) in [5.41, 5.74) is -0.362. The van der Waals surface area contributed by atoms with Crippen molar-refractivity contribution in [2.24, 2.45) is 0 Å². The van der Waals surface area contributed by atoms with Crippen molar-refractivity contribution in [2.45, 2.75) is 58.8 Å². The zero-order chi connectivity index (χ0) is 15.1. The van der Waals surface area contributed by atoms with E-state index in [-0.39, 0.29) is 11.3 Å². The molecule has 5 nitrogen and oxygen atoms in total. The number of ether oxygens (including phenoxy) is 1. The van der Waals surface area contributed by atoms with Gasteiger partial charge in [0, 0.05) is 0 Å². The lowest BCUT2D eigenvalue weighted by molar-refractivity contribution is 0.00578. The molecule has 0 amide bonds. The molecule has 0 saturated carbocycles. The Balaban J connectivity index is 2.39. The van der Waals surface area contributed by atoms with E-state index in [4.69, 9.17) is 25.6 Å². The summed E-state index contributed by atoms with van der Waals surface area (Å²) < 4.78 is 17.7. The van der Waals surface area contributed by atoms with Crippen LogP contribution >= 0.6 is 11.6 Å². The maximum absolute atomic E-state index is 6.19. The van der Waals surface area contributed by atoms with E-state index < -0.39 is 18.3 Å². The quantitative estimate of drug-likeness (QED) is 0.632. The van der Waals surface area contributed by atoms with Crippen molar-refractivity contribution in [2.75, 3.05) is 0 Å². The lowest BCUT2D eigenvalue weighted by Gasteiger charge is -2.32. The second-order valence-electron chi connectivity index (χ2n) is 6.14. The summed E-state index contributed by atoms with van der Waals surface area (Å²) in [6.07, 6.45) is 1.34. The minimum absolute atomic E-state index is 0.0258. The van der Waals surface area contributed by atoms with E-state index in [1.807, 2.05) is 41.5 Å². The number of aromatic nitrogens is 2. The average Bonchev–Trinajstić information content (AvgIpc) is 2.46. The van der Waals surface area contributed by atoms with Crippen molar-refractivity contribution in [1.82, 2.24) is 9.97 Å². The topological polar surface area (TPSA) is 53.5 Å². The molecular formula is C13H20BClN2O3. The summed E-state index contributed by atoms with van der Waals surface area (Å²) in [6.45, 7) is 11.8. The van der Waals surface area contributed by atoms with Gasteiger partial charge >= 0.3 is 7.12 Å². The largest absolute Gasteiger partial charge is 0.503 e. The maximum Gasteiger partial charge on any atom is 0.503 e. The lowest BCUT2D eigenvalue weighted by atomic mass is 9.80. The first-order valence-electron chi connectivity index (χ1n) is 6.67. The molecule has 0 atom stereocenters. The Kier molecular flexibility index (Phi) is 4.02. The number of rotatable bonds is 3. The summed E-state index contributed by atoms with van der Waals surface area (Å²) in [6, 6.07) is 0. The molecule has 1 fully saturated rings. The zero-order valence-corrected chi connectivity index (χ0v) is 13.5. The fourth-order valence-electron chi connectivity index (χ4n) is 1.84. The Morgan fingerprint density at radius 2 is 1.70 bits per heavy atom. The zero-order valence-electron chi connectivity index (χ0n) is 12.7. The van der Waals surface area contributed by atoms with Gasteiger partial charge in [0.05, 0.1) is 22.8 Å². The van der Waals surface area contributed by atoms with E-state index in [0.29, 0.717) is 11.3 Å². The van der Waals surface area contributed by atoms with Gasteiger partial charge < -0.3 is 14.0 Å². The van der Waals surface area contributed by atoms with Crippen molar-refractivity contribution in [3.8, 4) is 5.88 Å². The van der Waals surface area contributed by atoms with Crippen molar-refractivity contribution in [1.29, 1.82) is 0 Å². The molecule has 2 heterocycles. The molecule has 20 heavy (non-hydrogen) atoms. The van der Waals surface area contributed by atoms with E-state index in [1.165, 1.54) is 6.33 Å². The molecule has 7 heteroatoms. The van der Waals surface area contributed by atoms with Crippen LogP contribution in [0.2, 0.25) is 5.15 Å². The van der Waals surface area contributed by atoms with Crippen LogP contribution < -0.4 is 10.2 Å². The first-order chi connectivity index (χ1) is 9.14. The first-order valence-corrected chi connectivity index (χ1v) is 7.04. The number of nitrogens with zero attached hydrogens (tertiary/aromatic N) is 2. The van der Waals surface area contributed by atoms with Gasteiger partial charge in [0.25, 0.3) is 0 Å². The Morgan fingerprint density at radius 3 is 2.20 bits per heavy atom. The van der Waals surface area contributed by atoms with Gasteiger partial charge in [0.2, 0.25) is 5.88 Å². The molecule has 0 aliphatic carbocycles. The Labute approximate surface area is 125 Å². The standard InChI is InChI=1S/C13H20BClN2O3/c1-8(2)18-11-9(10(15)16-7-17-11)14-19-12(3,4)13(5,6)20-14/h7-8H,1-6H3. The van der Waals surface area contributed by atoms with Crippen LogP contribution in [-0.4, -0.2) is 34.4 Å². The average molecular weight is 299 g/mol. The smallest absolute Gasteiger partial charge is 0.475 e. The normalized spacial score (nSPS) is 20.5. The molecule has 0 spiro atoms. The van der Waals surface area contributed by atoms with Gasteiger partial charge in [0.1, 0.15) is 11.5 Å². The molecular weight excluding hydrogens is 278 g/mol. The molecule has 2 rings (SSSR count). The van der Waals surface area contributed by atoms with E-state index in [0.717, 1.165) is 0 Å². The fourth-order valence-corrected chi connectivity index (χ4v) is 2.05. The summed E-state index contributed by atoms with van der Waals surface area (Å²) >= 11 is 6.19. The highest BCUT2D eigenvalue weighted by molar-refractivity contribution is 6.66. The summed E-state index contributed by atoms with van der Waals surface area (Å²) in [5.74, 6) is 0.401. The van der Waals surface area contributed by atoms with Crippen LogP contribution in [0.25, 0.3) is 0 Å². The Morgan fingerprint density at radius 1 is 1.15 bits per heavy atom. The van der Waals surface area contributed by atoms with Gasteiger partial charge in [-0.3, -0.25) is 0 Å². The summed E-state index contributed by atoms with van der Waals surface area (Å²) in [4.78, 5) is 8.14. The highest BCUT2D eigenvalue weighted by Crippen LogP contribution is 2.37. The van der Waals surface area contributed by atoms with Crippen molar-refractivity contribution in [3.05, 3.63) is 11.5 Å². The van der Waals surface area contributed by atoms with Gasteiger partial charge in [0.15, 0.2) is 0 Å². The van der Waals surface area contributed by atoms with Gasteiger partial charge in [-0.05, 0) is 41.5 Å². The van der Waals surface area contributed by atoms with Crippen LogP contribution in [0.15, 0.2) is 6.33 Å². The molecule has 1 aliphatic rings. The van der Waals surface area contributed by atoms with Gasteiger partial charge in [-0.1, -0.05) is 11.6 Å². The molecule has 1 saturated heterocycles. The van der Waals surface area contributed by atoms with Crippen LogP contribution in [0.5, 0.6) is 5.88 Å². The molecule has 110 valence electrons. The number of hydrogen-bond acceptors (Lipinski definition) is 5. The highest BCUT2D eigenvalue weighted by Gasteiger charge is 2.53. The second-order valence-corrected chi connectivity index (χ2v) is 6.50. The van der Waals surface area contributed by atoms with Crippen LogP contribution in [0.4, 0.5) is 0 Å². The summed E-state index contributed by atoms with van der Waals surface area (Å²) in [7, 11) is -0.637. The van der Waals surface area contributed by atoms with Crippen LogP contribution in [0.1, 0.15) is 41.5 Å². The fraction of sp³-hybridized carbons (Fsp3) is 0.692. The van der Waals surface area contributed by atoms with E-state index in [9.17, 15) is 0 Å². The predicted molar refractivity (Wildman–Crippen MR) is 78.5 cm³/mol. The Bertz CT molecular complexity index is 492. The third-order valence-corrected chi connectivity index (χ3v) is 3.94. The van der Waals surface area contributed by atoms with Crippen molar-refractivity contribution in [3.63, 3.8) is 0 Å². The van der Waals surface area contributed by atoms with Crippen molar-refractivity contribution < 1.29 is 14.0 Å². The number of hydrogen-bond donors (Lipinski definition) is 0. The van der Waals surface area contributed by atoms with E-state index in [2.05, 4.69) is 9.97 Å². The maximum atomic E-state index is 6.19. The molecule has 0 bridgehead atoms. The molecule has 0 N–H and O–H groups in total. The molecule has 0 aromatic carbocycles. The number of halogens is 1. The van der Waals surface area contributed by atoms with E-state index in [1.54, 1.807) is 0 Å². The Hall–Kier alpha value is -0.845. The van der Waals surface area contributed by atoms with Crippen LogP contribution in [0, 0.1) is 0 Å². The van der Waals surface area contributed by atoms with Crippen LogP contribution in [-0.2, 0) is 9.31 Å². The molecule has 1 aromatic heterocycles. The van der Waals surface area contributed by atoms with Gasteiger partial charge in [-0.15, -0.1) is 0 Å². The lowest BCUT2D eigenvalue weighted by Crippen LogP contribution is -2.41. The minimum Gasteiger partial charge on any atom is -0.475 e. The first kappa shape index (κ1) is 15.5. The van der Waals surface area contributed by atoms with Crippen molar-refractivity contribution >= 4 is 24.2 Å². The van der Waals surface area contributed by atoms with Gasteiger partial charge in [-0.2, -0.15) is 0 Å². The second kappa shape index (κ2) is 5.17. The molecule has 0 radical (unpaired) electrons. The minimum atomic E-state index is -0.637. The monoisotopic (exact) mass is 298 g/mol. The molecule has 1 aromatic rings. The van der Waals surface area contributed by atoms with Crippen LogP contribution in [0.3, 0.4) is 0 Å². The SMILES string of the molecule is CC(C)Oc1ncnc(Cl)c1B1OC(C)(C)C(C)(C)O1. The molecule has 1 aliphatic heterocycles. The van der Waals surface area contributed by atoms with E-state index >= 15 is 0 Å². The summed E-state index contributed by atoms with van der Waals surface area (Å²) in [5, 5.41) is 0.286. The van der Waals surface area contributed by atoms with Gasteiger partial charge in [-0.25, -0.2) is 9.97 Å². The third kappa shape index (κ3) is 2.78. The third-order valence-electron chi connectivity index (χ3n) is 3.64.